The third kappa shape index (κ3) is 7.29. The molecule has 35 heavy (non-hydrogen) atoms. The molecule has 0 bridgehead atoms. The summed E-state index contributed by atoms with van der Waals surface area (Å²) in [6, 6.07) is 12.6. The molecular weight excluding hydrogens is 466 g/mol. The Hall–Kier alpha value is -2.91. The maximum atomic E-state index is 13.7. The molecule has 2 aromatic carbocycles. The summed E-state index contributed by atoms with van der Waals surface area (Å²) in [7, 11) is -2.74. The molecule has 0 aromatic heterocycles. The summed E-state index contributed by atoms with van der Waals surface area (Å²) in [4.78, 5) is 26.3. The third-order valence-corrected chi connectivity index (χ3v) is 7.87. The molecule has 0 saturated heterocycles. The molecule has 1 amide bonds. The van der Waals surface area contributed by atoms with E-state index in [2.05, 4.69) is 5.32 Å². The van der Waals surface area contributed by atoms with E-state index < -0.39 is 40.0 Å². The van der Waals surface area contributed by atoms with Gasteiger partial charge in [0.1, 0.15) is 12.1 Å². The van der Waals surface area contributed by atoms with Gasteiger partial charge in [-0.1, -0.05) is 57.5 Å². The van der Waals surface area contributed by atoms with Crippen molar-refractivity contribution in [3.8, 4) is 0 Å². The maximum Gasteiger partial charge on any atom is 0.328 e. The van der Waals surface area contributed by atoms with E-state index in [9.17, 15) is 18.0 Å². The number of nitrogen functional groups attached to an aromatic ring is 1. The van der Waals surface area contributed by atoms with Crippen LogP contribution in [0.5, 0.6) is 0 Å². The number of nitrogens with zero attached hydrogens (tertiary/aromatic N) is 1. The number of ether oxygens (including phenoxy) is 1. The largest absolute Gasteiger partial charge is 0.467 e. The maximum absolute atomic E-state index is 13.7. The number of nitrogens with two attached hydrogens (primary N) is 1. The van der Waals surface area contributed by atoms with Crippen LogP contribution in [-0.2, 0) is 30.8 Å². The predicted molar refractivity (Wildman–Crippen MR) is 137 cm³/mol. The summed E-state index contributed by atoms with van der Waals surface area (Å²) in [5.74, 6) is -1.52. The van der Waals surface area contributed by atoms with E-state index in [0.717, 1.165) is 12.0 Å². The van der Waals surface area contributed by atoms with Gasteiger partial charge in [0.05, 0.1) is 12.0 Å². The molecule has 9 heteroatoms. The highest BCUT2D eigenvalue weighted by Crippen LogP contribution is 2.27. The number of hydrogen-bond donors (Lipinski definition) is 2. The van der Waals surface area contributed by atoms with Crippen molar-refractivity contribution < 1.29 is 22.7 Å². The van der Waals surface area contributed by atoms with Gasteiger partial charge in [-0.15, -0.1) is 0 Å². The zero-order chi connectivity index (χ0) is 26.2. The molecule has 3 atom stereocenters. The van der Waals surface area contributed by atoms with Gasteiger partial charge in [0.25, 0.3) is 0 Å². The van der Waals surface area contributed by atoms with Crippen molar-refractivity contribution in [2.45, 2.75) is 70.0 Å². The van der Waals surface area contributed by atoms with Gasteiger partial charge in [-0.3, -0.25) is 4.79 Å². The molecule has 2 rings (SSSR count). The van der Waals surface area contributed by atoms with Crippen LogP contribution in [0.3, 0.4) is 0 Å². The molecule has 192 valence electrons. The molecule has 0 heterocycles. The molecule has 0 aliphatic rings. The first-order valence-electron chi connectivity index (χ1n) is 11.8. The second-order valence-electron chi connectivity index (χ2n) is 9.00. The number of rotatable bonds is 12. The van der Waals surface area contributed by atoms with E-state index in [0.29, 0.717) is 12.1 Å². The highest BCUT2D eigenvalue weighted by Gasteiger charge is 2.41. The van der Waals surface area contributed by atoms with Crippen molar-refractivity contribution >= 4 is 27.6 Å². The average Bonchev–Trinajstić information content (AvgIpc) is 2.82. The zero-order valence-electron chi connectivity index (χ0n) is 21.1. The molecule has 0 radical (unpaired) electrons. The van der Waals surface area contributed by atoms with Gasteiger partial charge in [-0.2, -0.15) is 4.31 Å². The smallest absolute Gasteiger partial charge is 0.328 e. The first kappa shape index (κ1) is 28.3. The summed E-state index contributed by atoms with van der Waals surface area (Å²) >= 11 is 0. The standard InChI is InChI=1S/C26H37N3O5S/c1-6-10-19(4)29(35(32,33)22-11-8-7-9-12-22)24(18(2)3)25(30)28-23(26(31)34-5)17-20-13-15-21(27)16-14-20/h7-9,11-16,18-19,23-24H,6,10,17,27H2,1-5H3,(H,28,30)/t19?,23-,24-/m0/s1. The topological polar surface area (TPSA) is 119 Å². The summed E-state index contributed by atoms with van der Waals surface area (Å²) in [5, 5.41) is 2.76. The Morgan fingerprint density at radius 3 is 2.14 bits per heavy atom. The number of sulfonamides is 1. The second kappa shape index (κ2) is 12.7. The molecule has 0 saturated carbocycles. The Bertz CT molecular complexity index is 1070. The summed E-state index contributed by atoms with van der Waals surface area (Å²) in [6.07, 6.45) is 1.50. The number of carbonyl (C=O) groups is 2. The van der Waals surface area contributed by atoms with Gasteiger partial charge in [0, 0.05) is 18.2 Å². The van der Waals surface area contributed by atoms with E-state index in [1.165, 1.54) is 23.5 Å². The van der Waals surface area contributed by atoms with Crippen LogP contribution < -0.4 is 11.1 Å². The third-order valence-electron chi connectivity index (χ3n) is 5.86. The number of esters is 1. The van der Waals surface area contributed by atoms with E-state index in [-0.39, 0.29) is 17.2 Å². The zero-order valence-corrected chi connectivity index (χ0v) is 21.9. The summed E-state index contributed by atoms with van der Waals surface area (Å²) in [5.41, 5.74) is 7.11. The van der Waals surface area contributed by atoms with Crippen LogP contribution in [0.2, 0.25) is 0 Å². The van der Waals surface area contributed by atoms with Crippen LogP contribution >= 0.6 is 0 Å². The first-order valence-corrected chi connectivity index (χ1v) is 13.3. The molecule has 0 aliphatic carbocycles. The predicted octanol–water partition coefficient (Wildman–Crippen LogP) is 3.37. The van der Waals surface area contributed by atoms with E-state index in [1.807, 2.05) is 6.92 Å². The lowest BCUT2D eigenvalue weighted by Crippen LogP contribution is -2.58. The number of amides is 1. The Balaban J connectivity index is 2.45. The number of carbonyl (C=O) groups excluding carboxylic acids is 2. The fraction of sp³-hybridized carbons (Fsp3) is 0.462. The van der Waals surface area contributed by atoms with Crippen LogP contribution in [-0.4, -0.2) is 49.8 Å². The monoisotopic (exact) mass is 503 g/mol. The minimum atomic E-state index is -3.99. The van der Waals surface area contributed by atoms with E-state index in [1.54, 1.807) is 63.2 Å². The lowest BCUT2D eigenvalue weighted by atomic mass is 9.99. The Morgan fingerprint density at radius 1 is 1.03 bits per heavy atom. The Kier molecular flexibility index (Phi) is 10.3. The first-order chi connectivity index (χ1) is 16.5. The van der Waals surface area contributed by atoms with Crippen molar-refractivity contribution in [3.05, 3.63) is 60.2 Å². The number of hydrogen-bond acceptors (Lipinski definition) is 6. The van der Waals surface area contributed by atoms with Crippen LogP contribution in [0.1, 0.15) is 46.1 Å². The summed E-state index contributed by atoms with van der Waals surface area (Å²) in [6.45, 7) is 7.36. The molecular formula is C26H37N3O5S. The fourth-order valence-electron chi connectivity index (χ4n) is 4.11. The van der Waals surface area contributed by atoms with Crippen LogP contribution in [0, 0.1) is 5.92 Å². The number of nitrogens with one attached hydrogen (secondary N) is 1. The van der Waals surface area contributed by atoms with Gasteiger partial charge in [0.15, 0.2) is 0 Å². The molecule has 0 spiro atoms. The lowest BCUT2D eigenvalue weighted by molar-refractivity contribution is -0.145. The average molecular weight is 504 g/mol. The number of anilines is 1. The van der Waals surface area contributed by atoms with Gasteiger partial charge >= 0.3 is 5.97 Å². The van der Waals surface area contributed by atoms with Crippen LogP contribution in [0.15, 0.2) is 59.5 Å². The highest BCUT2D eigenvalue weighted by molar-refractivity contribution is 7.89. The van der Waals surface area contributed by atoms with E-state index >= 15 is 0 Å². The van der Waals surface area contributed by atoms with Gasteiger partial charge in [-0.25, -0.2) is 13.2 Å². The molecule has 0 aliphatic heterocycles. The van der Waals surface area contributed by atoms with Crippen LogP contribution in [0.4, 0.5) is 5.69 Å². The molecule has 1 unspecified atom stereocenters. The van der Waals surface area contributed by atoms with Gasteiger partial charge in [0.2, 0.25) is 15.9 Å². The number of methoxy groups -OCH3 is 1. The second-order valence-corrected chi connectivity index (χ2v) is 10.8. The summed E-state index contributed by atoms with van der Waals surface area (Å²) < 4.78 is 33.7. The van der Waals surface area contributed by atoms with Crippen molar-refractivity contribution in [1.82, 2.24) is 9.62 Å². The SMILES string of the molecule is CCCC(C)N([C@H](C(=O)N[C@@H](Cc1ccc(N)cc1)C(=O)OC)C(C)C)S(=O)(=O)c1ccccc1. The van der Waals surface area contributed by atoms with Crippen LogP contribution in [0.25, 0.3) is 0 Å². The Labute approximate surface area is 208 Å². The molecule has 8 nitrogen and oxygen atoms in total. The van der Waals surface area contributed by atoms with Crippen molar-refractivity contribution in [2.75, 3.05) is 12.8 Å². The van der Waals surface area contributed by atoms with Crippen molar-refractivity contribution in [3.63, 3.8) is 0 Å². The normalized spacial score (nSPS) is 14.4. The van der Waals surface area contributed by atoms with Gasteiger partial charge in [-0.05, 0) is 49.1 Å². The molecule has 3 N–H and O–H groups in total. The number of benzene rings is 2. The van der Waals surface area contributed by atoms with E-state index in [4.69, 9.17) is 10.5 Å². The highest BCUT2D eigenvalue weighted by atomic mass is 32.2. The minimum Gasteiger partial charge on any atom is -0.467 e. The van der Waals surface area contributed by atoms with Gasteiger partial charge < -0.3 is 15.8 Å². The molecule has 0 fully saturated rings. The Morgan fingerprint density at radius 2 is 1.63 bits per heavy atom. The minimum absolute atomic E-state index is 0.118. The van der Waals surface area contributed by atoms with Crippen molar-refractivity contribution in [2.24, 2.45) is 5.92 Å². The lowest BCUT2D eigenvalue weighted by Gasteiger charge is -2.37. The quantitative estimate of drug-likeness (QED) is 0.339. The fourth-order valence-corrected chi connectivity index (χ4v) is 6.08. The van der Waals surface area contributed by atoms with Crippen molar-refractivity contribution in [1.29, 1.82) is 0 Å². The molecule has 2 aromatic rings.